The normalized spacial score (nSPS) is 13.6. The van der Waals surface area contributed by atoms with Crippen LogP contribution in [0.25, 0.3) is 0 Å². The van der Waals surface area contributed by atoms with E-state index in [1.54, 1.807) is 31.2 Å². The lowest BCUT2D eigenvalue weighted by molar-refractivity contribution is -0.132. The number of carbonyl (C=O) groups excluding carboxylic acids is 3. The Balaban J connectivity index is 1.55. The summed E-state index contributed by atoms with van der Waals surface area (Å²) in [4.78, 5) is 36.0. The molecule has 3 rings (SSSR count). The van der Waals surface area contributed by atoms with Crippen molar-refractivity contribution in [1.82, 2.24) is 5.01 Å². The summed E-state index contributed by atoms with van der Waals surface area (Å²) in [7, 11) is 0. The Hall–Kier alpha value is -3.48. The Morgan fingerprint density at radius 1 is 1.07 bits per heavy atom. The van der Waals surface area contributed by atoms with Crippen LogP contribution >= 0.6 is 0 Å². The van der Waals surface area contributed by atoms with Crippen molar-refractivity contribution in [3.63, 3.8) is 0 Å². The molecule has 0 aromatic heterocycles. The molecule has 29 heavy (non-hydrogen) atoms. The Kier molecular flexibility index (Phi) is 6.73. The van der Waals surface area contributed by atoms with Crippen LogP contribution in [0.1, 0.15) is 42.1 Å². The van der Waals surface area contributed by atoms with Gasteiger partial charge in [0.2, 0.25) is 11.8 Å². The van der Waals surface area contributed by atoms with Crippen LogP contribution in [-0.2, 0) is 14.3 Å². The minimum absolute atomic E-state index is 0.0868. The van der Waals surface area contributed by atoms with Gasteiger partial charge >= 0.3 is 5.97 Å². The Morgan fingerprint density at radius 2 is 1.79 bits per heavy atom. The number of anilines is 1. The molecule has 0 unspecified atom stereocenters. The molecule has 150 valence electrons. The lowest BCUT2D eigenvalue weighted by atomic mass is 10.0. The van der Waals surface area contributed by atoms with E-state index < -0.39 is 5.97 Å². The first-order valence-corrected chi connectivity index (χ1v) is 9.57. The SMILES string of the molecule is CCOC(=O)c1ccc(NC(=O)CCN2N=C(c3ccccc3)CCC2=O)cc1. The number of carbonyl (C=O) groups is 3. The number of esters is 1. The summed E-state index contributed by atoms with van der Waals surface area (Å²) in [6.45, 7) is 2.26. The third kappa shape index (κ3) is 5.51. The number of amides is 2. The van der Waals surface area contributed by atoms with Crippen molar-refractivity contribution in [3.8, 4) is 0 Å². The van der Waals surface area contributed by atoms with Crippen molar-refractivity contribution in [2.45, 2.75) is 26.2 Å². The fraction of sp³-hybridized carbons (Fsp3) is 0.273. The summed E-state index contributed by atoms with van der Waals surface area (Å²) >= 11 is 0. The summed E-state index contributed by atoms with van der Waals surface area (Å²) in [5, 5.41) is 8.56. The first-order valence-electron chi connectivity index (χ1n) is 9.57. The van der Waals surface area contributed by atoms with Gasteiger partial charge in [0.25, 0.3) is 0 Å². The van der Waals surface area contributed by atoms with Gasteiger partial charge < -0.3 is 10.1 Å². The van der Waals surface area contributed by atoms with Crippen LogP contribution in [0.5, 0.6) is 0 Å². The van der Waals surface area contributed by atoms with Gasteiger partial charge in [-0.1, -0.05) is 30.3 Å². The molecule has 2 amide bonds. The summed E-state index contributed by atoms with van der Waals surface area (Å²) in [5.41, 5.74) is 2.82. The van der Waals surface area contributed by atoms with E-state index in [0.29, 0.717) is 30.7 Å². The first kappa shape index (κ1) is 20.3. The van der Waals surface area contributed by atoms with Crippen LogP contribution in [0.4, 0.5) is 5.69 Å². The zero-order valence-corrected chi connectivity index (χ0v) is 16.3. The molecule has 0 spiro atoms. The van der Waals surface area contributed by atoms with Crippen molar-refractivity contribution in [2.75, 3.05) is 18.5 Å². The minimum atomic E-state index is -0.402. The third-order valence-electron chi connectivity index (χ3n) is 4.44. The van der Waals surface area contributed by atoms with E-state index in [2.05, 4.69) is 10.4 Å². The molecule has 0 saturated heterocycles. The second-order valence-electron chi connectivity index (χ2n) is 6.53. The molecule has 7 heteroatoms. The van der Waals surface area contributed by atoms with Gasteiger partial charge in [-0.2, -0.15) is 5.10 Å². The first-order chi connectivity index (χ1) is 14.1. The van der Waals surface area contributed by atoms with Gasteiger partial charge in [0.05, 0.1) is 24.4 Å². The van der Waals surface area contributed by atoms with E-state index in [9.17, 15) is 14.4 Å². The largest absolute Gasteiger partial charge is 0.462 e. The number of nitrogens with zero attached hydrogens (tertiary/aromatic N) is 2. The van der Waals surface area contributed by atoms with Crippen molar-refractivity contribution in [2.24, 2.45) is 5.10 Å². The monoisotopic (exact) mass is 393 g/mol. The summed E-state index contributed by atoms with van der Waals surface area (Å²) in [6.07, 6.45) is 1.10. The topological polar surface area (TPSA) is 88.1 Å². The van der Waals surface area contributed by atoms with E-state index in [4.69, 9.17) is 4.74 Å². The van der Waals surface area contributed by atoms with E-state index in [0.717, 1.165) is 11.3 Å². The number of nitrogens with one attached hydrogen (secondary N) is 1. The lowest BCUT2D eigenvalue weighted by Crippen LogP contribution is -2.34. The smallest absolute Gasteiger partial charge is 0.338 e. The highest BCUT2D eigenvalue weighted by molar-refractivity contribution is 6.04. The van der Waals surface area contributed by atoms with Crippen LogP contribution in [0, 0.1) is 0 Å². The van der Waals surface area contributed by atoms with E-state index >= 15 is 0 Å². The fourth-order valence-electron chi connectivity index (χ4n) is 2.95. The zero-order valence-electron chi connectivity index (χ0n) is 16.3. The van der Waals surface area contributed by atoms with Crippen LogP contribution in [0.15, 0.2) is 59.7 Å². The maximum absolute atomic E-state index is 12.2. The standard InChI is InChI=1S/C22H23N3O4/c1-2-29-22(28)17-8-10-18(11-9-17)23-20(26)14-15-25-21(27)13-12-19(24-25)16-6-4-3-5-7-16/h3-11H,2,12-15H2,1H3,(H,23,26). The van der Waals surface area contributed by atoms with Crippen molar-refractivity contribution < 1.29 is 19.1 Å². The minimum Gasteiger partial charge on any atom is -0.462 e. The maximum atomic E-state index is 12.2. The molecule has 0 fully saturated rings. The molecule has 0 saturated carbocycles. The van der Waals surface area contributed by atoms with Gasteiger partial charge in [0.15, 0.2) is 0 Å². The summed E-state index contributed by atoms with van der Waals surface area (Å²) in [5.74, 6) is -0.721. The van der Waals surface area contributed by atoms with E-state index in [-0.39, 0.29) is 24.8 Å². The molecular formula is C22H23N3O4. The number of hydrogen-bond acceptors (Lipinski definition) is 5. The Labute approximate surface area is 169 Å². The number of hydrogen-bond donors (Lipinski definition) is 1. The fourth-order valence-corrected chi connectivity index (χ4v) is 2.95. The summed E-state index contributed by atoms with van der Waals surface area (Å²) in [6, 6.07) is 16.2. The van der Waals surface area contributed by atoms with Crippen LogP contribution in [-0.4, -0.2) is 41.7 Å². The van der Waals surface area contributed by atoms with Gasteiger partial charge in [0.1, 0.15) is 0 Å². The van der Waals surface area contributed by atoms with Gasteiger partial charge in [-0.15, -0.1) is 0 Å². The van der Waals surface area contributed by atoms with Gasteiger partial charge in [-0.25, -0.2) is 9.80 Å². The van der Waals surface area contributed by atoms with Gasteiger partial charge in [-0.3, -0.25) is 9.59 Å². The molecule has 1 N–H and O–H groups in total. The summed E-state index contributed by atoms with van der Waals surface area (Å²) < 4.78 is 4.93. The van der Waals surface area contributed by atoms with Crippen molar-refractivity contribution in [1.29, 1.82) is 0 Å². The number of benzene rings is 2. The average Bonchev–Trinajstić information content (AvgIpc) is 2.74. The molecule has 0 atom stereocenters. The molecule has 0 radical (unpaired) electrons. The molecule has 1 heterocycles. The van der Waals surface area contributed by atoms with Crippen molar-refractivity contribution in [3.05, 3.63) is 65.7 Å². The second kappa shape index (κ2) is 9.64. The third-order valence-corrected chi connectivity index (χ3v) is 4.44. The van der Waals surface area contributed by atoms with Crippen LogP contribution in [0.2, 0.25) is 0 Å². The van der Waals surface area contributed by atoms with Crippen molar-refractivity contribution >= 4 is 29.2 Å². The molecule has 2 aromatic carbocycles. The Bertz CT molecular complexity index is 907. The predicted octanol–water partition coefficient (Wildman–Crippen LogP) is 3.22. The molecule has 0 aliphatic carbocycles. The van der Waals surface area contributed by atoms with Gasteiger partial charge in [0, 0.05) is 24.9 Å². The van der Waals surface area contributed by atoms with Crippen LogP contribution in [0.3, 0.4) is 0 Å². The Morgan fingerprint density at radius 3 is 2.48 bits per heavy atom. The zero-order chi connectivity index (χ0) is 20.6. The highest BCUT2D eigenvalue weighted by Crippen LogP contribution is 2.16. The van der Waals surface area contributed by atoms with Crippen LogP contribution < -0.4 is 5.32 Å². The maximum Gasteiger partial charge on any atom is 0.338 e. The number of ether oxygens (including phenoxy) is 1. The number of rotatable bonds is 7. The molecule has 7 nitrogen and oxygen atoms in total. The quantitative estimate of drug-likeness (QED) is 0.732. The van der Waals surface area contributed by atoms with Gasteiger partial charge in [-0.05, 0) is 36.8 Å². The highest BCUT2D eigenvalue weighted by atomic mass is 16.5. The second-order valence-corrected chi connectivity index (χ2v) is 6.53. The highest BCUT2D eigenvalue weighted by Gasteiger charge is 2.21. The lowest BCUT2D eigenvalue weighted by Gasteiger charge is -2.23. The predicted molar refractivity (Wildman–Crippen MR) is 110 cm³/mol. The van der Waals surface area contributed by atoms with E-state index in [1.165, 1.54) is 5.01 Å². The molecule has 1 aliphatic heterocycles. The molecule has 0 bridgehead atoms. The van der Waals surface area contributed by atoms with E-state index in [1.807, 2.05) is 30.3 Å². The molecule has 2 aromatic rings. The molecular weight excluding hydrogens is 370 g/mol. The molecule has 1 aliphatic rings. The number of hydrazone groups is 1. The average molecular weight is 393 g/mol.